The Labute approximate surface area is 136 Å². The van der Waals surface area contributed by atoms with Gasteiger partial charge in [0.05, 0.1) is 10.8 Å². The highest BCUT2D eigenvalue weighted by Crippen LogP contribution is 2.25. The van der Waals surface area contributed by atoms with Gasteiger partial charge in [-0.2, -0.15) is 0 Å². The molecule has 0 aromatic heterocycles. The average molecular weight is 325 g/mol. The molecule has 1 unspecified atom stereocenters. The Hall–Kier alpha value is -2.79. The molecule has 1 atom stereocenters. The van der Waals surface area contributed by atoms with E-state index in [-0.39, 0.29) is 5.75 Å². The smallest absolute Gasteiger partial charge is 0.127 e. The van der Waals surface area contributed by atoms with E-state index < -0.39 is 10.8 Å². The number of hydrogen-bond acceptors (Lipinski definition) is 4. The molecule has 0 aliphatic rings. The van der Waals surface area contributed by atoms with E-state index in [9.17, 15) is 9.32 Å². The van der Waals surface area contributed by atoms with Crippen molar-refractivity contribution in [3.8, 4) is 17.2 Å². The number of anilines is 1. The summed E-state index contributed by atoms with van der Waals surface area (Å²) >= 11 is 0. The van der Waals surface area contributed by atoms with Crippen molar-refractivity contribution in [3.05, 3.63) is 72.8 Å². The lowest BCUT2D eigenvalue weighted by atomic mass is 10.3. The van der Waals surface area contributed by atoms with E-state index >= 15 is 0 Å². The summed E-state index contributed by atoms with van der Waals surface area (Å²) in [6.45, 7) is 0. The number of nitrogen functional groups attached to an aromatic ring is 1. The number of benzene rings is 3. The zero-order valence-electron chi connectivity index (χ0n) is 12.2. The largest absolute Gasteiger partial charge is 0.508 e. The molecule has 3 aromatic carbocycles. The quantitative estimate of drug-likeness (QED) is 0.713. The molecular formula is C18H15NO3S. The first-order valence-corrected chi connectivity index (χ1v) is 8.11. The van der Waals surface area contributed by atoms with E-state index in [4.69, 9.17) is 10.5 Å². The second-order valence-electron chi connectivity index (χ2n) is 4.91. The minimum absolute atomic E-state index is 0.151. The van der Waals surface area contributed by atoms with Crippen LogP contribution in [0.25, 0.3) is 0 Å². The van der Waals surface area contributed by atoms with E-state index in [1.165, 1.54) is 12.1 Å². The van der Waals surface area contributed by atoms with Gasteiger partial charge in [0.1, 0.15) is 17.2 Å². The van der Waals surface area contributed by atoms with Crippen LogP contribution in [-0.2, 0) is 10.8 Å². The third-order valence-corrected chi connectivity index (χ3v) is 4.61. The van der Waals surface area contributed by atoms with E-state index in [0.717, 1.165) is 0 Å². The SMILES string of the molecule is Nc1ccc(Oc2ccc(S(=O)c3ccc(O)cc3)cc2)cc1. The summed E-state index contributed by atoms with van der Waals surface area (Å²) in [6, 6.07) is 20.5. The maximum absolute atomic E-state index is 12.4. The van der Waals surface area contributed by atoms with Gasteiger partial charge in [-0.1, -0.05) is 0 Å². The summed E-state index contributed by atoms with van der Waals surface area (Å²) in [4.78, 5) is 1.30. The van der Waals surface area contributed by atoms with Crippen molar-refractivity contribution >= 4 is 16.5 Å². The van der Waals surface area contributed by atoms with Crippen LogP contribution in [0.1, 0.15) is 0 Å². The van der Waals surface area contributed by atoms with Gasteiger partial charge in [0.15, 0.2) is 0 Å². The third kappa shape index (κ3) is 3.70. The molecule has 0 heterocycles. The Bertz CT molecular complexity index is 812. The van der Waals surface area contributed by atoms with Crippen LogP contribution < -0.4 is 10.5 Å². The van der Waals surface area contributed by atoms with Crippen LogP contribution in [0.3, 0.4) is 0 Å². The minimum Gasteiger partial charge on any atom is -0.508 e. The maximum atomic E-state index is 12.4. The second-order valence-corrected chi connectivity index (χ2v) is 6.39. The molecule has 23 heavy (non-hydrogen) atoms. The van der Waals surface area contributed by atoms with Crippen molar-refractivity contribution in [3.63, 3.8) is 0 Å². The van der Waals surface area contributed by atoms with Gasteiger partial charge in [0, 0.05) is 15.5 Å². The number of ether oxygens (including phenoxy) is 1. The summed E-state index contributed by atoms with van der Waals surface area (Å²) in [5.41, 5.74) is 6.31. The fraction of sp³-hybridized carbons (Fsp3) is 0. The second kappa shape index (κ2) is 6.54. The van der Waals surface area contributed by atoms with Crippen LogP contribution in [0.5, 0.6) is 17.2 Å². The van der Waals surface area contributed by atoms with Crippen molar-refractivity contribution < 1.29 is 14.1 Å². The Morgan fingerprint density at radius 3 is 1.70 bits per heavy atom. The van der Waals surface area contributed by atoms with Gasteiger partial charge in [-0.3, -0.25) is 0 Å². The van der Waals surface area contributed by atoms with Gasteiger partial charge in [0.2, 0.25) is 0 Å². The molecule has 0 aliphatic heterocycles. The molecule has 0 fully saturated rings. The topological polar surface area (TPSA) is 72.5 Å². The van der Waals surface area contributed by atoms with E-state index in [1.807, 2.05) is 0 Å². The number of phenols is 1. The fourth-order valence-corrected chi connectivity index (χ4v) is 3.05. The van der Waals surface area contributed by atoms with Gasteiger partial charge >= 0.3 is 0 Å². The number of hydrogen-bond donors (Lipinski definition) is 2. The lowest BCUT2D eigenvalue weighted by Gasteiger charge is -2.07. The van der Waals surface area contributed by atoms with Gasteiger partial charge in [-0.25, -0.2) is 4.21 Å². The number of nitrogens with two attached hydrogens (primary N) is 1. The van der Waals surface area contributed by atoms with Crippen LogP contribution in [-0.4, -0.2) is 9.32 Å². The summed E-state index contributed by atoms with van der Waals surface area (Å²) in [7, 11) is -1.30. The normalized spacial score (nSPS) is 11.8. The Morgan fingerprint density at radius 1 is 0.739 bits per heavy atom. The summed E-state index contributed by atoms with van der Waals surface area (Å²) in [5, 5.41) is 9.28. The first-order valence-electron chi connectivity index (χ1n) is 6.96. The molecule has 3 N–H and O–H groups in total. The summed E-state index contributed by atoms with van der Waals surface area (Å²) in [6.07, 6.45) is 0. The zero-order valence-corrected chi connectivity index (χ0v) is 13.0. The molecule has 5 heteroatoms. The average Bonchev–Trinajstić information content (AvgIpc) is 2.58. The van der Waals surface area contributed by atoms with Crippen LogP contribution >= 0.6 is 0 Å². The van der Waals surface area contributed by atoms with Crippen LogP contribution in [0.2, 0.25) is 0 Å². The fourth-order valence-electron chi connectivity index (χ4n) is 2.01. The molecule has 0 saturated heterocycles. The molecule has 0 bridgehead atoms. The van der Waals surface area contributed by atoms with E-state index in [1.54, 1.807) is 60.7 Å². The van der Waals surface area contributed by atoms with Gasteiger partial charge < -0.3 is 15.6 Å². The molecule has 0 amide bonds. The number of phenolic OH excluding ortho intramolecular Hbond substituents is 1. The van der Waals surface area contributed by atoms with Gasteiger partial charge in [-0.05, 0) is 72.8 Å². The summed E-state index contributed by atoms with van der Waals surface area (Å²) < 4.78 is 18.1. The van der Waals surface area contributed by atoms with Crippen LogP contribution in [0, 0.1) is 0 Å². The molecule has 0 aliphatic carbocycles. The Kier molecular flexibility index (Phi) is 4.30. The molecule has 4 nitrogen and oxygen atoms in total. The first-order chi connectivity index (χ1) is 11.1. The predicted octanol–water partition coefficient (Wildman–Crippen LogP) is 3.93. The van der Waals surface area contributed by atoms with E-state index in [0.29, 0.717) is 27.0 Å². The lowest BCUT2D eigenvalue weighted by Crippen LogP contribution is -1.93. The molecular weight excluding hydrogens is 310 g/mol. The van der Waals surface area contributed by atoms with Crippen molar-refractivity contribution in [2.24, 2.45) is 0 Å². The van der Waals surface area contributed by atoms with Crippen molar-refractivity contribution in [2.45, 2.75) is 9.79 Å². The molecule has 116 valence electrons. The third-order valence-electron chi connectivity index (χ3n) is 3.20. The molecule has 0 radical (unpaired) electrons. The number of rotatable bonds is 4. The standard InChI is InChI=1S/C18H15NO3S/c19-13-1-5-15(6-2-13)22-16-7-11-18(12-8-16)23(21)17-9-3-14(20)4-10-17/h1-12,20H,19H2. The van der Waals surface area contributed by atoms with Crippen molar-refractivity contribution in [1.82, 2.24) is 0 Å². The number of aromatic hydroxyl groups is 1. The Balaban J connectivity index is 1.75. The summed E-state index contributed by atoms with van der Waals surface area (Å²) in [5.74, 6) is 1.49. The van der Waals surface area contributed by atoms with Crippen molar-refractivity contribution in [2.75, 3.05) is 5.73 Å². The predicted molar refractivity (Wildman–Crippen MR) is 90.2 cm³/mol. The highest BCUT2D eigenvalue weighted by Gasteiger charge is 2.07. The molecule has 0 spiro atoms. The Morgan fingerprint density at radius 2 is 1.17 bits per heavy atom. The molecule has 3 aromatic rings. The molecule has 3 rings (SSSR count). The monoisotopic (exact) mass is 325 g/mol. The minimum atomic E-state index is -1.30. The van der Waals surface area contributed by atoms with Gasteiger partial charge in [-0.15, -0.1) is 0 Å². The van der Waals surface area contributed by atoms with Crippen LogP contribution in [0.15, 0.2) is 82.6 Å². The van der Waals surface area contributed by atoms with E-state index in [2.05, 4.69) is 0 Å². The van der Waals surface area contributed by atoms with Crippen molar-refractivity contribution in [1.29, 1.82) is 0 Å². The zero-order chi connectivity index (χ0) is 16.2. The van der Waals surface area contributed by atoms with Crippen LogP contribution in [0.4, 0.5) is 5.69 Å². The highest BCUT2D eigenvalue weighted by atomic mass is 32.2. The maximum Gasteiger partial charge on any atom is 0.127 e. The molecule has 0 saturated carbocycles. The highest BCUT2D eigenvalue weighted by molar-refractivity contribution is 7.85. The lowest BCUT2D eigenvalue weighted by molar-refractivity contribution is 0.475. The van der Waals surface area contributed by atoms with Gasteiger partial charge in [0.25, 0.3) is 0 Å². The first kappa shape index (κ1) is 15.1.